The van der Waals surface area contributed by atoms with Gasteiger partial charge in [0.05, 0.1) is 24.2 Å². The first-order valence-electron chi connectivity index (χ1n) is 8.28. The Balaban J connectivity index is 1.82. The summed E-state index contributed by atoms with van der Waals surface area (Å²) in [4.78, 5) is 24.6. The summed E-state index contributed by atoms with van der Waals surface area (Å²) < 4.78 is 7.12. The van der Waals surface area contributed by atoms with Gasteiger partial charge in [-0.05, 0) is 20.8 Å². The molecular formula is C16H24N6O3. The molecule has 1 N–H and O–H groups in total. The van der Waals surface area contributed by atoms with Crippen LogP contribution in [0.25, 0.3) is 11.0 Å². The van der Waals surface area contributed by atoms with Crippen LogP contribution in [-0.4, -0.2) is 73.7 Å². The number of hydrogen-bond donors (Lipinski definition) is 1. The van der Waals surface area contributed by atoms with E-state index < -0.39 is 5.60 Å². The molecule has 1 atom stereocenters. The summed E-state index contributed by atoms with van der Waals surface area (Å²) in [6.07, 6.45) is 2.85. The van der Waals surface area contributed by atoms with Gasteiger partial charge in [-0.2, -0.15) is 5.10 Å². The van der Waals surface area contributed by atoms with E-state index >= 15 is 0 Å². The molecule has 1 unspecified atom stereocenters. The zero-order valence-corrected chi connectivity index (χ0v) is 15.0. The number of aromatic nitrogens is 4. The Labute approximate surface area is 146 Å². The Morgan fingerprint density at radius 1 is 1.36 bits per heavy atom. The number of carbonyl (C=O) groups is 1. The number of aryl methyl sites for hydroxylation is 1. The molecule has 0 bridgehead atoms. The number of aliphatic hydroxyl groups excluding tert-OH is 1. The van der Waals surface area contributed by atoms with Crippen LogP contribution in [-0.2, 0) is 11.8 Å². The van der Waals surface area contributed by atoms with E-state index in [2.05, 4.69) is 15.1 Å². The molecule has 1 fully saturated rings. The van der Waals surface area contributed by atoms with Crippen molar-refractivity contribution in [3.8, 4) is 0 Å². The van der Waals surface area contributed by atoms with Crippen LogP contribution in [0.4, 0.5) is 10.6 Å². The van der Waals surface area contributed by atoms with E-state index in [9.17, 15) is 9.90 Å². The quantitative estimate of drug-likeness (QED) is 0.856. The summed E-state index contributed by atoms with van der Waals surface area (Å²) in [7, 11) is 1.82. The van der Waals surface area contributed by atoms with E-state index in [1.807, 2.05) is 32.7 Å². The topological polar surface area (TPSA) is 96.6 Å². The fourth-order valence-corrected chi connectivity index (χ4v) is 2.96. The van der Waals surface area contributed by atoms with E-state index in [0.29, 0.717) is 19.6 Å². The Hall–Kier alpha value is -2.42. The molecule has 1 amide bonds. The second-order valence-corrected chi connectivity index (χ2v) is 7.16. The van der Waals surface area contributed by atoms with Crippen molar-refractivity contribution in [2.45, 2.75) is 32.4 Å². The highest BCUT2D eigenvalue weighted by atomic mass is 16.6. The highest BCUT2D eigenvalue weighted by Crippen LogP contribution is 2.26. The lowest BCUT2D eigenvalue weighted by atomic mass is 10.1. The number of nitrogens with zero attached hydrogens (tertiary/aromatic N) is 6. The smallest absolute Gasteiger partial charge is 0.410 e. The fourth-order valence-electron chi connectivity index (χ4n) is 2.96. The fraction of sp³-hybridized carbons (Fsp3) is 0.625. The molecule has 2 aromatic heterocycles. The van der Waals surface area contributed by atoms with Crippen LogP contribution in [0.1, 0.15) is 20.8 Å². The van der Waals surface area contributed by atoms with Crippen molar-refractivity contribution in [1.29, 1.82) is 0 Å². The first-order chi connectivity index (χ1) is 11.8. The average Bonchev–Trinajstić information content (AvgIpc) is 2.94. The maximum Gasteiger partial charge on any atom is 0.410 e. The third-order valence-electron chi connectivity index (χ3n) is 4.13. The number of rotatable bonds is 2. The monoisotopic (exact) mass is 348 g/mol. The molecule has 3 rings (SSSR count). The van der Waals surface area contributed by atoms with E-state index in [4.69, 9.17) is 4.74 Å². The standard InChI is InChI=1S/C16H24N6O3/c1-16(2,3)25-15(24)21-5-6-22(11(8-21)9-23)14-12-7-19-20(4)13(12)17-10-18-14/h7,10-11,23H,5-6,8-9H2,1-4H3. The molecular weight excluding hydrogens is 324 g/mol. The van der Waals surface area contributed by atoms with Crippen molar-refractivity contribution in [3.05, 3.63) is 12.5 Å². The van der Waals surface area contributed by atoms with Crippen molar-refractivity contribution in [2.24, 2.45) is 7.05 Å². The molecule has 3 heterocycles. The van der Waals surface area contributed by atoms with Crippen LogP contribution in [0.15, 0.2) is 12.5 Å². The predicted molar refractivity (Wildman–Crippen MR) is 92.3 cm³/mol. The van der Waals surface area contributed by atoms with Gasteiger partial charge in [-0.25, -0.2) is 14.8 Å². The Kier molecular flexibility index (Phi) is 4.51. The molecule has 0 saturated carbocycles. The summed E-state index contributed by atoms with van der Waals surface area (Å²) in [5.41, 5.74) is 0.188. The van der Waals surface area contributed by atoms with Crippen molar-refractivity contribution in [3.63, 3.8) is 0 Å². The minimum atomic E-state index is -0.544. The Bertz CT molecular complexity index is 769. The van der Waals surface area contributed by atoms with E-state index in [-0.39, 0.29) is 18.7 Å². The Morgan fingerprint density at radius 3 is 2.80 bits per heavy atom. The molecule has 9 nitrogen and oxygen atoms in total. The van der Waals surface area contributed by atoms with Gasteiger partial charge in [-0.15, -0.1) is 0 Å². The van der Waals surface area contributed by atoms with Gasteiger partial charge < -0.3 is 19.6 Å². The van der Waals surface area contributed by atoms with Crippen LogP contribution in [0, 0.1) is 0 Å². The SMILES string of the molecule is Cn1ncc2c(N3CCN(C(=O)OC(C)(C)C)CC3CO)ncnc21. The molecule has 136 valence electrons. The largest absolute Gasteiger partial charge is 0.444 e. The third-order valence-corrected chi connectivity index (χ3v) is 4.13. The summed E-state index contributed by atoms with van der Waals surface area (Å²) >= 11 is 0. The van der Waals surface area contributed by atoms with Crippen molar-refractivity contribution < 1.29 is 14.6 Å². The molecule has 1 saturated heterocycles. The number of amides is 1. The van der Waals surface area contributed by atoms with Crippen molar-refractivity contribution >= 4 is 22.9 Å². The van der Waals surface area contributed by atoms with Gasteiger partial charge in [0.2, 0.25) is 0 Å². The second kappa shape index (κ2) is 6.47. The van der Waals surface area contributed by atoms with Crippen LogP contribution in [0.2, 0.25) is 0 Å². The molecule has 0 aliphatic carbocycles. The number of piperazine rings is 1. The Morgan fingerprint density at radius 2 is 2.12 bits per heavy atom. The van der Waals surface area contributed by atoms with Crippen LogP contribution in [0.3, 0.4) is 0 Å². The highest BCUT2D eigenvalue weighted by Gasteiger charge is 2.33. The number of ether oxygens (including phenoxy) is 1. The van der Waals surface area contributed by atoms with Crippen molar-refractivity contribution in [2.75, 3.05) is 31.1 Å². The van der Waals surface area contributed by atoms with Crippen LogP contribution < -0.4 is 4.90 Å². The predicted octanol–water partition coefficient (Wildman–Crippen LogP) is 0.781. The second-order valence-electron chi connectivity index (χ2n) is 7.16. The molecule has 1 aliphatic rings. The maximum absolute atomic E-state index is 12.3. The summed E-state index contributed by atoms with van der Waals surface area (Å²) in [5, 5.41) is 14.9. The maximum atomic E-state index is 12.3. The first kappa shape index (κ1) is 17.4. The molecule has 2 aromatic rings. The van der Waals surface area contributed by atoms with E-state index in [1.54, 1.807) is 15.8 Å². The van der Waals surface area contributed by atoms with Gasteiger partial charge in [0.25, 0.3) is 0 Å². The van der Waals surface area contributed by atoms with Crippen LogP contribution in [0.5, 0.6) is 0 Å². The lowest BCUT2D eigenvalue weighted by Gasteiger charge is -2.41. The first-order valence-corrected chi connectivity index (χ1v) is 8.28. The zero-order chi connectivity index (χ0) is 18.2. The number of anilines is 1. The summed E-state index contributed by atoms with van der Waals surface area (Å²) in [6.45, 7) is 6.84. The van der Waals surface area contributed by atoms with Gasteiger partial charge in [-0.3, -0.25) is 4.68 Å². The van der Waals surface area contributed by atoms with Gasteiger partial charge in [0.1, 0.15) is 17.7 Å². The lowest BCUT2D eigenvalue weighted by molar-refractivity contribution is 0.0197. The van der Waals surface area contributed by atoms with Gasteiger partial charge in [0, 0.05) is 26.7 Å². The minimum Gasteiger partial charge on any atom is -0.444 e. The van der Waals surface area contributed by atoms with Gasteiger partial charge >= 0.3 is 6.09 Å². The third kappa shape index (κ3) is 3.51. The summed E-state index contributed by atoms with van der Waals surface area (Å²) in [5.74, 6) is 0.723. The average molecular weight is 348 g/mol. The van der Waals surface area contributed by atoms with Gasteiger partial charge in [0.15, 0.2) is 5.65 Å². The van der Waals surface area contributed by atoms with Crippen molar-refractivity contribution in [1.82, 2.24) is 24.6 Å². The number of aliphatic hydroxyl groups is 1. The van der Waals surface area contributed by atoms with E-state index in [1.165, 1.54) is 6.33 Å². The number of carbonyl (C=O) groups excluding carboxylic acids is 1. The highest BCUT2D eigenvalue weighted by molar-refractivity contribution is 5.87. The molecule has 0 spiro atoms. The summed E-state index contributed by atoms with van der Waals surface area (Å²) in [6, 6.07) is -0.264. The zero-order valence-electron chi connectivity index (χ0n) is 15.0. The molecule has 25 heavy (non-hydrogen) atoms. The molecule has 1 aliphatic heterocycles. The lowest BCUT2D eigenvalue weighted by Crippen LogP contribution is -2.57. The molecule has 0 aromatic carbocycles. The normalized spacial score (nSPS) is 18.7. The van der Waals surface area contributed by atoms with Crippen LogP contribution >= 0.6 is 0 Å². The number of fused-ring (bicyclic) bond motifs is 1. The van der Waals surface area contributed by atoms with E-state index in [0.717, 1.165) is 16.9 Å². The van der Waals surface area contributed by atoms with Gasteiger partial charge in [-0.1, -0.05) is 0 Å². The molecule has 0 radical (unpaired) electrons. The molecule has 9 heteroatoms. The number of hydrogen-bond acceptors (Lipinski definition) is 7. The minimum absolute atomic E-state index is 0.0922.